The number of hydrogen-bond acceptors (Lipinski definition) is 4. The van der Waals surface area contributed by atoms with E-state index in [1.165, 1.54) is 6.42 Å². The van der Waals surface area contributed by atoms with Crippen LogP contribution >= 0.6 is 0 Å². The van der Waals surface area contributed by atoms with Crippen molar-refractivity contribution in [1.29, 1.82) is 0 Å². The van der Waals surface area contributed by atoms with Gasteiger partial charge < -0.3 is 9.64 Å². The molecule has 0 aromatic heterocycles. The highest BCUT2D eigenvalue weighted by molar-refractivity contribution is 6.44. The van der Waals surface area contributed by atoms with E-state index in [-0.39, 0.29) is 24.0 Å². The number of rotatable bonds is 4. The molecule has 2 rings (SSSR count). The topological polar surface area (TPSA) is 59.0 Å². The Balaban J connectivity index is 2.19. The van der Waals surface area contributed by atoms with Gasteiger partial charge in [-0.3, -0.25) is 14.6 Å². The average Bonchev–Trinajstić information content (AvgIpc) is 2.77. The molecule has 5 heteroatoms. The largest absolute Gasteiger partial charge is 0.465 e. The normalized spacial score (nSPS) is 25.9. The number of carbonyl (C=O) groups excluding carboxylic acids is 2. The zero-order valence-corrected chi connectivity index (χ0v) is 13.3. The first-order valence-electron chi connectivity index (χ1n) is 8.09. The standard InChI is InChI=1S/C16H26N2O3/c1-4-21-16(20)13-10-18(12-8-6-5-7-9-12)15(19)14(13)17-11(2)3/h11-13H,4-10H2,1-3H3/t13-/m0/s1. The predicted octanol–water partition coefficient (Wildman–Crippen LogP) is 2.19. The van der Waals surface area contributed by atoms with Crippen LogP contribution < -0.4 is 0 Å². The van der Waals surface area contributed by atoms with Crippen LogP contribution in [0.15, 0.2) is 4.99 Å². The minimum absolute atomic E-state index is 0.00665. The Bertz CT molecular complexity index is 425. The second kappa shape index (κ2) is 7.05. The van der Waals surface area contributed by atoms with E-state index >= 15 is 0 Å². The van der Waals surface area contributed by atoms with Crippen molar-refractivity contribution in [2.45, 2.75) is 65.0 Å². The molecular formula is C16H26N2O3. The summed E-state index contributed by atoms with van der Waals surface area (Å²) in [5, 5.41) is 0. The Hall–Kier alpha value is -1.39. The number of ether oxygens (including phenoxy) is 1. The van der Waals surface area contributed by atoms with Gasteiger partial charge in [0.15, 0.2) is 0 Å². The van der Waals surface area contributed by atoms with E-state index in [0.717, 1.165) is 25.7 Å². The minimum Gasteiger partial charge on any atom is -0.465 e. The summed E-state index contributed by atoms with van der Waals surface area (Å²) in [5.41, 5.74) is 0.397. The van der Waals surface area contributed by atoms with E-state index < -0.39 is 5.92 Å². The fraction of sp³-hybridized carbons (Fsp3) is 0.812. The van der Waals surface area contributed by atoms with Gasteiger partial charge in [0.2, 0.25) is 0 Å². The molecule has 1 amide bonds. The number of aliphatic imine (C=N–C) groups is 1. The fourth-order valence-corrected chi connectivity index (χ4v) is 3.22. The third-order valence-corrected chi connectivity index (χ3v) is 4.17. The van der Waals surface area contributed by atoms with Gasteiger partial charge >= 0.3 is 5.97 Å². The lowest BCUT2D eigenvalue weighted by atomic mass is 9.94. The highest BCUT2D eigenvalue weighted by atomic mass is 16.5. The monoisotopic (exact) mass is 294 g/mol. The summed E-state index contributed by atoms with van der Waals surface area (Å²) in [7, 11) is 0. The van der Waals surface area contributed by atoms with Gasteiger partial charge in [-0.1, -0.05) is 19.3 Å². The van der Waals surface area contributed by atoms with Crippen LogP contribution in [-0.2, 0) is 14.3 Å². The predicted molar refractivity (Wildman–Crippen MR) is 81.3 cm³/mol. The van der Waals surface area contributed by atoms with Crippen LogP contribution in [0.4, 0.5) is 0 Å². The summed E-state index contributed by atoms with van der Waals surface area (Å²) in [6.45, 7) is 6.40. The maximum absolute atomic E-state index is 12.6. The van der Waals surface area contributed by atoms with Crippen LogP contribution in [0.5, 0.6) is 0 Å². The lowest BCUT2D eigenvalue weighted by Crippen LogP contribution is -2.39. The molecular weight excluding hydrogens is 268 g/mol. The van der Waals surface area contributed by atoms with Crippen LogP contribution in [0.2, 0.25) is 0 Å². The number of carbonyl (C=O) groups is 2. The van der Waals surface area contributed by atoms with Gasteiger partial charge in [0, 0.05) is 18.6 Å². The Morgan fingerprint density at radius 1 is 1.33 bits per heavy atom. The molecule has 1 saturated heterocycles. The Morgan fingerprint density at radius 2 is 2.00 bits per heavy atom. The molecule has 0 N–H and O–H groups in total. The Morgan fingerprint density at radius 3 is 2.57 bits per heavy atom. The van der Waals surface area contributed by atoms with Crippen molar-refractivity contribution in [3.8, 4) is 0 Å². The minimum atomic E-state index is -0.512. The molecule has 0 radical (unpaired) electrons. The highest BCUT2D eigenvalue weighted by Crippen LogP contribution is 2.28. The first-order chi connectivity index (χ1) is 10.0. The number of likely N-dealkylation sites (tertiary alicyclic amines) is 1. The summed E-state index contributed by atoms with van der Waals surface area (Å²) in [6.07, 6.45) is 5.64. The van der Waals surface area contributed by atoms with Crippen molar-refractivity contribution < 1.29 is 14.3 Å². The lowest BCUT2D eigenvalue weighted by Gasteiger charge is -2.30. The highest BCUT2D eigenvalue weighted by Gasteiger charge is 2.44. The maximum atomic E-state index is 12.6. The molecule has 1 aliphatic heterocycles. The first kappa shape index (κ1) is 16.0. The number of hydrogen-bond donors (Lipinski definition) is 0. The Labute approximate surface area is 126 Å². The molecule has 2 aliphatic rings. The van der Waals surface area contributed by atoms with Gasteiger partial charge in [0.1, 0.15) is 11.6 Å². The van der Waals surface area contributed by atoms with E-state index in [1.54, 1.807) is 6.92 Å². The molecule has 1 heterocycles. The van der Waals surface area contributed by atoms with E-state index in [9.17, 15) is 9.59 Å². The second-order valence-electron chi connectivity index (χ2n) is 6.16. The number of esters is 1. The quantitative estimate of drug-likeness (QED) is 0.747. The van der Waals surface area contributed by atoms with Crippen LogP contribution in [0.25, 0.3) is 0 Å². The zero-order valence-electron chi connectivity index (χ0n) is 13.3. The summed E-state index contributed by atoms with van der Waals surface area (Å²) >= 11 is 0. The van der Waals surface area contributed by atoms with Crippen LogP contribution in [0.3, 0.4) is 0 Å². The molecule has 118 valence electrons. The molecule has 1 atom stereocenters. The van der Waals surface area contributed by atoms with Gasteiger partial charge in [-0.2, -0.15) is 0 Å². The van der Waals surface area contributed by atoms with Crippen LogP contribution in [-0.4, -0.2) is 47.7 Å². The SMILES string of the molecule is CCOC(=O)[C@H]1CN(C2CCCCC2)C(=O)C1=NC(C)C. The van der Waals surface area contributed by atoms with Crippen molar-refractivity contribution in [1.82, 2.24) is 4.90 Å². The summed E-state index contributed by atoms with van der Waals surface area (Å²) in [6, 6.07) is 0.273. The first-order valence-corrected chi connectivity index (χ1v) is 8.09. The average molecular weight is 294 g/mol. The van der Waals surface area contributed by atoms with Gasteiger partial charge in [-0.05, 0) is 33.6 Å². The molecule has 1 aliphatic carbocycles. The molecule has 21 heavy (non-hydrogen) atoms. The molecule has 5 nitrogen and oxygen atoms in total. The van der Waals surface area contributed by atoms with Crippen molar-refractivity contribution in [2.24, 2.45) is 10.9 Å². The summed E-state index contributed by atoms with van der Waals surface area (Å²) < 4.78 is 5.12. The van der Waals surface area contributed by atoms with E-state index in [0.29, 0.717) is 18.9 Å². The molecule has 0 bridgehead atoms. The number of amides is 1. The molecule has 1 saturated carbocycles. The number of nitrogens with zero attached hydrogens (tertiary/aromatic N) is 2. The maximum Gasteiger partial charge on any atom is 0.317 e. The van der Waals surface area contributed by atoms with Crippen molar-refractivity contribution >= 4 is 17.6 Å². The fourth-order valence-electron chi connectivity index (χ4n) is 3.22. The third kappa shape index (κ3) is 3.63. The van der Waals surface area contributed by atoms with Gasteiger partial charge in [0.25, 0.3) is 5.91 Å². The van der Waals surface area contributed by atoms with E-state index in [4.69, 9.17) is 4.74 Å². The van der Waals surface area contributed by atoms with Crippen molar-refractivity contribution in [3.05, 3.63) is 0 Å². The summed E-state index contributed by atoms with van der Waals surface area (Å²) in [5.74, 6) is -0.890. The van der Waals surface area contributed by atoms with Gasteiger partial charge in [-0.15, -0.1) is 0 Å². The molecule has 0 aromatic carbocycles. The summed E-state index contributed by atoms with van der Waals surface area (Å²) in [4.78, 5) is 31.1. The van der Waals surface area contributed by atoms with E-state index in [2.05, 4.69) is 4.99 Å². The molecule has 0 unspecified atom stereocenters. The van der Waals surface area contributed by atoms with Crippen molar-refractivity contribution in [3.63, 3.8) is 0 Å². The molecule has 0 spiro atoms. The zero-order chi connectivity index (χ0) is 15.4. The smallest absolute Gasteiger partial charge is 0.317 e. The van der Waals surface area contributed by atoms with Crippen molar-refractivity contribution in [2.75, 3.05) is 13.2 Å². The van der Waals surface area contributed by atoms with E-state index in [1.807, 2.05) is 18.7 Å². The lowest BCUT2D eigenvalue weighted by molar-refractivity contribution is -0.145. The van der Waals surface area contributed by atoms with Crippen LogP contribution in [0, 0.1) is 5.92 Å². The Kier molecular flexibility index (Phi) is 5.37. The van der Waals surface area contributed by atoms with Gasteiger partial charge in [0.05, 0.1) is 6.61 Å². The second-order valence-corrected chi connectivity index (χ2v) is 6.16. The van der Waals surface area contributed by atoms with Gasteiger partial charge in [-0.25, -0.2) is 0 Å². The molecule has 0 aromatic rings. The van der Waals surface area contributed by atoms with Crippen LogP contribution in [0.1, 0.15) is 52.9 Å². The third-order valence-electron chi connectivity index (χ3n) is 4.17. The molecule has 2 fully saturated rings.